The van der Waals surface area contributed by atoms with Crippen molar-refractivity contribution in [2.75, 3.05) is 13.1 Å². The van der Waals surface area contributed by atoms with Gasteiger partial charge in [0, 0.05) is 43.4 Å². The Balaban J connectivity index is 1.36. The summed E-state index contributed by atoms with van der Waals surface area (Å²) in [5.41, 5.74) is 1.75. The van der Waals surface area contributed by atoms with E-state index in [4.69, 9.17) is 4.42 Å². The minimum atomic E-state index is -0.386. The Morgan fingerprint density at radius 3 is 2.76 bits per heavy atom. The van der Waals surface area contributed by atoms with Gasteiger partial charge < -0.3 is 8.98 Å². The number of rotatable bonds is 4. The van der Waals surface area contributed by atoms with Crippen LogP contribution in [0.2, 0.25) is 0 Å². The Hall–Kier alpha value is -3.19. The first-order valence-corrected chi connectivity index (χ1v) is 9.83. The van der Waals surface area contributed by atoms with E-state index in [0.717, 1.165) is 37.5 Å². The minimum Gasteiger partial charge on any atom is -0.459 e. The first kappa shape index (κ1) is 17.9. The van der Waals surface area contributed by atoms with Crippen molar-refractivity contribution in [2.24, 2.45) is 5.92 Å². The number of nitro benzene ring substituents is 1. The molecule has 0 unspecified atom stereocenters. The van der Waals surface area contributed by atoms with Crippen LogP contribution in [0.5, 0.6) is 0 Å². The number of hydrogen-bond donors (Lipinski definition) is 0. The first-order valence-electron chi connectivity index (χ1n) is 9.83. The van der Waals surface area contributed by atoms with Crippen LogP contribution in [0.4, 0.5) is 5.69 Å². The van der Waals surface area contributed by atoms with Crippen LogP contribution < -0.4 is 5.56 Å². The summed E-state index contributed by atoms with van der Waals surface area (Å²) in [5, 5.41) is 11.3. The molecule has 1 fully saturated rings. The van der Waals surface area contributed by atoms with Gasteiger partial charge in [-0.15, -0.1) is 0 Å². The zero-order valence-electron chi connectivity index (χ0n) is 15.9. The summed E-state index contributed by atoms with van der Waals surface area (Å²) in [4.78, 5) is 25.4. The molecular weight excluding hydrogens is 370 g/mol. The second-order valence-corrected chi connectivity index (χ2v) is 7.93. The van der Waals surface area contributed by atoms with Crippen molar-refractivity contribution in [3.8, 4) is 11.3 Å². The van der Waals surface area contributed by atoms with Crippen LogP contribution in [0.25, 0.3) is 11.3 Å². The molecule has 1 saturated heterocycles. The third-order valence-corrected chi connectivity index (χ3v) is 5.96. The number of pyridine rings is 1. The first-order chi connectivity index (χ1) is 14.1. The maximum atomic E-state index is 12.2. The number of furan rings is 1. The molecule has 0 aliphatic carbocycles. The Morgan fingerprint density at radius 2 is 1.90 bits per heavy atom. The fourth-order valence-electron chi connectivity index (χ4n) is 4.79. The van der Waals surface area contributed by atoms with Crippen LogP contribution in [0.3, 0.4) is 0 Å². The van der Waals surface area contributed by atoms with E-state index in [1.165, 1.54) is 6.07 Å². The van der Waals surface area contributed by atoms with Gasteiger partial charge in [-0.25, -0.2) is 0 Å². The van der Waals surface area contributed by atoms with Crippen LogP contribution in [-0.2, 0) is 13.1 Å². The molecule has 3 aromatic rings. The lowest BCUT2D eigenvalue weighted by Gasteiger charge is -2.42. The van der Waals surface area contributed by atoms with Crippen molar-refractivity contribution >= 4 is 5.69 Å². The van der Waals surface area contributed by atoms with Gasteiger partial charge in [0.2, 0.25) is 0 Å². The molecule has 4 heterocycles. The zero-order chi connectivity index (χ0) is 20.0. The van der Waals surface area contributed by atoms with Gasteiger partial charge in [-0.05, 0) is 36.6 Å². The summed E-state index contributed by atoms with van der Waals surface area (Å²) in [5.74, 6) is 2.11. The summed E-state index contributed by atoms with van der Waals surface area (Å²) in [6.45, 7) is 3.21. The summed E-state index contributed by atoms with van der Waals surface area (Å²) < 4.78 is 7.90. The highest BCUT2D eigenvalue weighted by Crippen LogP contribution is 2.36. The monoisotopic (exact) mass is 391 g/mol. The summed E-state index contributed by atoms with van der Waals surface area (Å²) in [6.07, 6.45) is 1.11. The highest BCUT2D eigenvalue weighted by Gasteiger charge is 2.34. The van der Waals surface area contributed by atoms with Crippen LogP contribution in [0.15, 0.2) is 63.8 Å². The largest absolute Gasteiger partial charge is 0.459 e. The van der Waals surface area contributed by atoms with Gasteiger partial charge in [0.15, 0.2) is 0 Å². The van der Waals surface area contributed by atoms with Gasteiger partial charge in [-0.1, -0.05) is 18.2 Å². The molecule has 148 valence electrons. The molecule has 0 radical (unpaired) electrons. The van der Waals surface area contributed by atoms with E-state index in [0.29, 0.717) is 29.7 Å². The molecule has 2 aliphatic rings. The van der Waals surface area contributed by atoms with Gasteiger partial charge >= 0.3 is 0 Å². The fraction of sp³-hybridized carbons (Fsp3) is 0.318. The number of piperidine rings is 1. The highest BCUT2D eigenvalue weighted by molar-refractivity contribution is 5.69. The predicted octanol–water partition coefficient (Wildman–Crippen LogP) is 3.64. The number of benzene rings is 1. The molecular formula is C22H21N3O4. The van der Waals surface area contributed by atoms with Gasteiger partial charge in [0.25, 0.3) is 11.2 Å². The molecule has 2 atom stereocenters. The number of nitro groups is 1. The average molecular weight is 391 g/mol. The molecule has 2 bridgehead atoms. The Morgan fingerprint density at radius 1 is 1.03 bits per heavy atom. The van der Waals surface area contributed by atoms with Crippen molar-refractivity contribution in [2.45, 2.75) is 25.4 Å². The lowest BCUT2D eigenvalue weighted by Crippen LogP contribution is -2.46. The Kier molecular flexibility index (Phi) is 4.32. The number of para-hydroxylation sites is 1. The summed E-state index contributed by atoms with van der Waals surface area (Å²) >= 11 is 0. The maximum Gasteiger partial charge on any atom is 0.280 e. The van der Waals surface area contributed by atoms with Crippen LogP contribution in [0.1, 0.15) is 23.8 Å². The van der Waals surface area contributed by atoms with E-state index in [-0.39, 0.29) is 16.2 Å². The van der Waals surface area contributed by atoms with E-state index in [9.17, 15) is 14.9 Å². The van der Waals surface area contributed by atoms with Crippen LogP contribution in [0, 0.1) is 16.0 Å². The third kappa shape index (κ3) is 3.27. The maximum absolute atomic E-state index is 12.2. The summed E-state index contributed by atoms with van der Waals surface area (Å²) in [6, 6.07) is 15.9. The van der Waals surface area contributed by atoms with Crippen LogP contribution in [-0.4, -0.2) is 27.5 Å². The summed E-state index contributed by atoms with van der Waals surface area (Å²) in [7, 11) is 0. The number of likely N-dealkylation sites (tertiary alicyclic amines) is 1. The van der Waals surface area contributed by atoms with E-state index >= 15 is 0 Å². The van der Waals surface area contributed by atoms with Gasteiger partial charge in [-0.3, -0.25) is 19.8 Å². The Labute approximate surface area is 167 Å². The lowest BCUT2D eigenvalue weighted by molar-refractivity contribution is -0.384. The molecule has 2 aliphatic heterocycles. The third-order valence-electron chi connectivity index (χ3n) is 5.96. The van der Waals surface area contributed by atoms with Crippen LogP contribution >= 0.6 is 0 Å². The minimum absolute atomic E-state index is 0.0444. The van der Waals surface area contributed by atoms with E-state index in [1.54, 1.807) is 30.3 Å². The number of aromatic nitrogens is 1. The number of fused-ring (bicyclic) bond motifs is 4. The molecule has 7 heteroatoms. The molecule has 0 saturated carbocycles. The van der Waals surface area contributed by atoms with E-state index in [2.05, 4.69) is 11.0 Å². The fourth-order valence-corrected chi connectivity index (χ4v) is 4.79. The zero-order valence-corrected chi connectivity index (χ0v) is 15.9. The molecule has 5 rings (SSSR count). The average Bonchev–Trinajstić information content (AvgIpc) is 3.17. The molecule has 0 amide bonds. The van der Waals surface area contributed by atoms with Crippen molar-refractivity contribution in [3.63, 3.8) is 0 Å². The highest BCUT2D eigenvalue weighted by atomic mass is 16.6. The molecule has 7 nitrogen and oxygen atoms in total. The quantitative estimate of drug-likeness (QED) is 0.501. The van der Waals surface area contributed by atoms with Crippen molar-refractivity contribution in [1.82, 2.24) is 9.47 Å². The molecule has 0 N–H and O–H groups in total. The molecule has 2 aromatic heterocycles. The van der Waals surface area contributed by atoms with E-state index in [1.807, 2.05) is 16.7 Å². The second kappa shape index (κ2) is 7.00. The molecule has 0 spiro atoms. The van der Waals surface area contributed by atoms with Gasteiger partial charge in [-0.2, -0.15) is 0 Å². The standard InChI is InChI=1S/C22H21N3O4/c26-22-7-3-6-19-16-10-15(12-24(19)22)11-23(13-16)14-17-8-9-21(29-17)18-4-1-2-5-20(18)25(27)28/h1-9,15-16H,10-14H2/t15-,16+/m0/s1. The van der Waals surface area contributed by atoms with Crippen molar-refractivity contribution in [1.29, 1.82) is 0 Å². The van der Waals surface area contributed by atoms with Gasteiger partial charge in [0.1, 0.15) is 11.5 Å². The Bertz CT molecular complexity index is 1130. The van der Waals surface area contributed by atoms with Gasteiger partial charge in [0.05, 0.1) is 17.0 Å². The smallest absolute Gasteiger partial charge is 0.280 e. The molecule has 1 aromatic carbocycles. The normalized spacial score (nSPS) is 21.0. The number of hydrogen-bond acceptors (Lipinski definition) is 5. The topological polar surface area (TPSA) is 81.5 Å². The van der Waals surface area contributed by atoms with Crippen molar-refractivity contribution in [3.05, 3.63) is 86.5 Å². The van der Waals surface area contributed by atoms with Crippen molar-refractivity contribution < 1.29 is 9.34 Å². The SMILES string of the molecule is O=c1cccc2n1C[C@H]1C[C@@H]2CN(Cc2ccc(-c3ccccc3[N+](=O)[O-])o2)C1. The lowest BCUT2D eigenvalue weighted by atomic mass is 9.83. The van der Waals surface area contributed by atoms with E-state index < -0.39 is 0 Å². The predicted molar refractivity (Wildman–Crippen MR) is 108 cm³/mol. The number of nitrogens with zero attached hydrogens (tertiary/aromatic N) is 3. The second-order valence-electron chi connectivity index (χ2n) is 7.93. The molecule has 29 heavy (non-hydrogen) atoms.